The zero-order chi connectivity index (χ0) is 26.2. The van der Waals surface area contributed by atoms with Crippen LogP contribution in [-0.2, 0) is 12.8 Å². The molecule has 0 saturated carbocycles. The molecule has 0 aliphatic rings. The number of phenolic OH excluding ortho intramolecular Hbond substituents is 2. The Hall–Kier alpha value is -3.40. The molecule has 0 heterocycles. The van der Waals surface area contributed by atoms with Crippen LogP contribution in [0.3, 0.4) is 0 Å². The summed E-state index contributed by atoms with van der Waals surface area (Å²) in [5.74, 6) is 1.44. The molecular weight excluding hydrogens is 444 g/mol. The molecule has 0 spiro atoms. The third-order valence-corrected chi connectivity index (χ3v) is 7.14. The second-order valence-corrected chi connectivity index (χ2v) is 9.60. The van der Waals surface area contributed by atoms with Gasteiger partial charge in [-0.25, -0.2) is 0 Å². The lowest BCUT2D eigenvalue weighted by Crippen LogP contribution is -1.97. The molecule has 3 rings (SSSR count). The van der Waals surface area contributed by atoms with Gasteiger partial charge in [0.15, 0.2) is 0 Å². The maximum absolute atomic E-state index is 10.7. The van der Waals surface area contributed by atoms with Crippen molar-refractivity contribution in [1.82, 2.24) is 0 Å². The summed E-state index contributed by atoms with van der Waals surface area (Å²) in [6.07, 6.45) is 7.09. The van der Waals surface area contributed by atoms with Crippen LogP contribution in [0.5, 0.6) is 11.5 Å². The quantitative estimate of drug-likeness (QED) is 0.282. The Kier molecular flexibility index (Phi) is 9.46. The van der Waals surface area contributed by atoms with Gasteiger partial charge in [0.05, 0.1) is 11.4 Å². The van der Waals surface area contributed by atoms with E-state index >= 15 is 0 Å². The average molecular weight is 485 g/mol. The molecule has 0 aliphatic heterocycles. The smallest absolute Gasteiger partial charge is 0.127 e. The van der Waals surface area contributed by atoms with Gasteiger partial charge in [0.25, 0.3) is 0 Å². The Morgan fingerprint density at radius 3 is 1.44 bits per heavy atom. The third kappa shape index (κ3) is 6.42. The van der Waals surface area contributed by atoms with Gasteiger partial charge in [0.1, 0.15) is 11.5 Å². The third-order valence-electron chi connectivity index (χ3n) is 7.14. The average Bonchev–Trinajstić information content (AvgIpc) is 2.91. The maximum atomic E-state index is 10.7. The Balaban J connectivity index is 1.90. The van der Waals surface area contributed by atoms with E-state index in [-0.39, 0.29) is 0 Å². The fourth-order valence-electron chi connectivity index (χ4n) is 4.21. The number of aryl methyl sites for hydroxylation is 2. The standard InChI is InChI=1S/C32H40N2O2/c1-7-21(5)25-14-23(9-3)31(35)27(16-25)19-33-29-12-11-13-30(18-29)34-20-28-17-26(22(6)8-2)15-24(10-4)32(28)36/h11-22,35-36H,7-10H2,1-6H3. The highest BCUT2D eigenvalue weighted by Gasteiger charge is 2.12. The van der Waals surface area contributed by atoms with Gasteiger partial charge < -0.3 is 10.2 Å². The van der Waals surface area contributed by atoms with Crippen molar-refractivity contribution < 1.29 is 10.2 Å². The van der Waals surface area contributed by atoms with E-state index in [0.717, 1.165) is 59.3 Å². The Morgan fingerprint density at radius 1 is 0.667 bits per heavy atom. The van der Waals surface area contributed by atoms with Crippen molar-refractivity contribution in [3.63, 3.8) is 0 Å². The van der Waals surface area contributed by atoms with Gasteiger partial charge in [0, 0.05) is 23.6 Å². The normalized spacial score (nSPS) is 13.5. The first-order valence-electron chi connectivity index (χ1n) is 13.2. The maximum Gasteiger partial charge on any atom is 0.127 e. The molecular formula is C32H40N2O2. The van der Waals surface area contributed by atoms with Crippen molar-refractivity contribution in [3.05, 3.63) is 81.9 Å². The van der Waals surface area contributed by atoms with Crippen molar-refractivity contribution >= 4 is 23.8 Å². The monoisotopic (exact) mass is 484 g/mol. The van der Waals surface area contributed by atoms with Gasteiger partial charge >= 0.3 is 0 Å². The summed E-state index contributed by atoms with van der Waals surface area (Å²) in [6, 6.07) is 15.9. The van der Waals surface area contributed by atoms with Crippen LogP contribution in [0.15, 0.2) is 58.5 Å². The van der Waals surface area contributed by atoms with Gasteiger partial charge in [-0.1, -0.05) is 59.7 Å². The highest BCUT2D eigenvalue weighted by molar-refractivity contribution is 5.88. The van der Waals surface area contributed by atoms with Crippen LogP contribution in [0, 0.1) is 0 Å². The molecule has 3 aromatic rings. The zero-order valence-corrected chi connectivity index (χ0v) is 22.5. The van der Waals surface area contributed by atoms with Crippen molar-refractivity contribution in [1.29, 1.82) is 0 Å². The first-order valence-corrected chi connectivity index (χ1v) is 13.2. The van der Waals surface area contributed by atoms with E-state index in [0.29, 0.717) is 23.3 Å². The Labute approximate surface area is 216 Å². The van der Waals surface area contributed by atoms with E-state index in [1.807, 2.05) is 36.4 Å². The minimum Gasteiger partial charge on any atom is -0.507 e. The van der Waals surface area contributed by atoms with Crippen LogP contribution in [0.4, 0.5) is 11.4 Å². The number of hydrogen-bond donors (Lipinski definition) is 2. The number of aromatic hydroxyl groups is 2. The molecule has 0 aromatic heterocycles. The van der Waals surface area contributed by atoms with Crippen molar-refractivity contribution in [3.8, 4) is 11.5 Å². The first-order chi connectivity index (χ1) is 17.3. The first kappa shape index (κ1) is 27.2. The zero-order valence-electron chi connectivity index (χ0n) is 22.5. The van der Waals surface area contributed by atoms with Gasteiger partial charge in [-0.2, -0.15) is 0 Å². The highest BCUT2D eigenvalue weighted by Crippen LogP contribution is 2.31. The summed E-state index contributed by atoms with van der Waals surface area (Å²) in [6.45, 7) is 12.9. The fraction of sp³-hybridized carbons (Fsp3) is 0.375. The van der Waals surface area contributed by atoms with Crippen molar-refractivity contribution in [2.75, 3.05) is 0 Å². The van der Waals surface area contributed by atoms with E-state index < -0.39 is 0 Å². The Morgan fingerprint density at radius 2 is 1.08 bits per heavy atom. The second-order valence-electron chi connectivity index (χ2n) is 9.60. The molecule has 2 unspecified atom stereocenters. The summed E-state index contributed by atoms with van der Waals surface area (Å²) in [4.78, 5) is 9.28. The summed E-state index contributed by atoms with van der Waals surface area (Å²) in [7, 11) is 0. The van der Waals surface area contributed by atoms with Crippen LogP contribution in [0.1, 0.15) is 99.6 Å². The van der Waals surface area contributed by atoms with Crippen LogP contribution in [-0.4, -0.2) is 22.6 Å². The molecule has 4 nitrogen and oxygen atoms in total. The number of nitrogens with zero attached hydrogens (tertiary/aromatic N) is 2. The lowest BCUT2D eigenvalue weighted by atomic mass is 9.93. The van der Waals surface area contributed by atoms with E-state index in [1.54, 1.807) is 12.4 Å². The Bertz CT molecular complexity index is 1150. The number of benzene rings is 3. The minimum absolute atomic E-state index is 0.297. The molecule has 2 N–H and O–H groups in total. The van der Waals surface area contributed by atoms with Crippen LogP contribution in [0.25, 0.3) is 0 Å². The molecule has 0 radical (unpaired) electrons. The minimum atomic E-state index is 0.297. The van der Waals surface area contributed by atoms with E-state index in [4.69, 9.17) is 0 Å². The molecule has 2 atom stereocenters. The highest BCUT2D eigenvalue weighted by atomic mass is 16.3. The topological polar surface area (TPSA) is 65.2 Å². The van der Waals surface area contributed by atoms with E-state index in [1.165, 1.54) is 11.1 Å². The van der Waals surface area contributed by atoms with Crippen molar-refractivity contribution in [2.45, 2.75) is 79.1 Å². The van der Waals surface area contributed by atoms with Crippen molar-refractivity contribution in [2.24, 2.45) is 9.98 Å². The molecule has 36 heavy (non-hydrogen) atoms. The van der Waals surface area contributed by atoms with Crippen LogP contribution >= 0.6 is 0 Å². The van der Waals surface area contributed by atoms with Crippen LogP contribution in [0.2, 0.25) is 0 Å². The predicted molar refractivity (Wildman–Crippen MR) is 153 cm³/mol. The van der Waals surface area contributed by atoms with E-state index in [2.05, 4.69) is 63.7 Å². The number of hydrogen-bond acceptors (Lipinski definition) is 4. The van der Waals surface area contributed by atoms with Gasteiger partial charge in [-0.3, -0.25) is 9.98 Å². The molecule has 3 aromatic carbocycles. The number of rotatable bonds is 10. The van der Waals surface area contributed by atoms with Gasteiger partial charge in [-0.15, -0.1) is 0 Å². The predicted octanol–water partition coefficient (Wildman–Crippen LogP) is 8.75. The summed E-state index contributed by atoms with van der Waals surface area (Å²) in [5, 5.41) is 21.4. The SMILES string of the molecule is CCc1cc(C(C)CC)cc(C=Nc2cccc(N=Cc3cc(C(C)CC)cc(CC)c3O)c2)c1O. The molecule has 0 aliphatic carbocycles. The summed E-state index contributed by atoms with van der Waals surface area (Å²) >= 11 is 0. The van der Waals surface area contributed by atoms with Gasteiger partial charge in [-0.05, 0) is 90.1 Å². The summed E-state index contributed by atoms with van der Waals surface area (Å²) < 4.78 is 0. The molecule has 0 amide bonds. The molecule has 4 heteroatoms. The van der Waals surface area contributed by atoms with E-state index in [9.17, 15) is 10.2 Å². The molecule has 0 saturated heterocycles. The number of phenols is 2. The molecule has 0 bridgehead atoms. The second kappa shape index (κ2) is 12.5. The molecule has 190 valence electrons. The van der Waals surface area contributed by atoms with Gasteiger partial charge in [0.2, 0.25) is 0 Å². The largest absolute Gasteiger partial charge is 0.507 e. The fourth-order valence-corrected chi connectivity index (χ4v) is 4.21. The lowest BCUT2D eigenvalue weighted by molar-refractivity contribution is 0.467. The molecule has 0 fully saturated rings. The van der Waals surface area contributed by atoms with Crippen LogP contribution < -0.4 is 0 Å². The lowest BCUT2D eigenvalue weighted by Gasteiger charge is -2.14. The number of aliphatic imine (C=N–C) groups is 2. The summed E-state index contributed by atoms with van der Waals surface area (Å²) in [5.41, 5.74) is 7.30.